The van der Waals surface area contributed by atoms with Crippen molar-refractivity contribution < 1.29 is 4.21 Å². The first kappa shape index (κ1) is 6.53. The highest BCUT2D eigenvalue weighted by molar-refractivity contribution is 7.84. The molecule has 0 heterocycles. The third-order valence-corrected chi connectivity index (χ3v) is 0.818. The molecule has 0 saturated carbocycles. The van der Waals surface area contributed by atoms with Crippen molar-refractivity contribution >= 4 is 16.8 Å². The zero-order valence-electron chi connectivity index (χ0n) is 3.97. The van der Waals surface area contributed by atoms with E-state index < -0.39 is 10.8 Å². The maximum absolute atomic E-state index is 10.1. The first-order valence-corrected chi connectivity index (χ1v) is 3.38. The molecule has 1 unspecified atom stereocenters. The first-order chi connectivity index (χ1) is 3.27. The molecule has 1 atom stereocenters. The molecule has 7 heavy (non-hydrogen) atoms. The summed E-state index contributed by atoms with van der Waals surface area (Å²) in [6.07, 6.45) is 1.53. The third kappa shape index (κ3) is 5.53. The molecule has 0 saturated heterocycles. The van der Waals surface area contributed by atoms with Gasteiger partial charge in [0.05, 0.1) is 6.01 Å². The van der Waals surface area contributed by atoms with Crippen molar-refractivity contribution in [2.75, 3.05) is 12.1 Å². The van der Waals surface area contributed by atoms with Gasteiger partial charge in [0, 0.05) is 17.1 Å². The maximum Gasteiger partial charge on any atom is 0.125 e. The summed E-state index contributed by atoms with van der Waals surface area (Å²) in [5.41, 5.74) is 0. The van der Waals surface area contributed by atoms with Crippen LogP contribution >= 0.6 is 0 Å². The van der Waals surface area contributed by atoms with E-state index in [0.29, 0.717) is 0 Å². The fourth-order valence-corrected chi connectivity index (χ4v) is 0.370. The first-order valence-electron chi connectivity index (χ1n) is 1.65. The molecule has 4 heteroatoms. The SMILES string of the molecule is CS(=O)CN=C=N. The molecular formula is C3H6N2OS. The topological polar surface area (TPSA) is 53.3 Å². The number of rotatable bonds is 2. The van der Waals surface area contributed by atoms with Crippen LogP contribution in [0.4, 0.5) is 0 Å². The Morgan fingerprint density at radius 2 is 2.57 bits per heavy atom. The molecule has 0 fully saturated rings. The van der Waals surface area contributed by atoms with Gasteiger partial charge in [-0.3, -0.25) is 4.21 Å². The molecule has 0 aliphatic rings. The summed E-state index contributed by atoms with van der Waals surface area (Å²) in [5.74, 6) is 0.198. The van der Waals surface area contributed by atoms with Gasteiger partial charge in [-0.05, 0) is 0 Å². The van der Waals surface area contributed by atoms with Crippen LogP contribution in [0.2, 0.25) is 0 Å². The molecule has 0 aromatic carbocycles. The maximum atomic E-state index is 10.1. The van der Waals surface area contributed by atoms with Crippen molar-refractivity contribution in [3.63, 3.8) is 0 Å². The molecule has 40 valence electrons. The summed E-state index contributed by atoms with van der Waals surface area (Å²) < 4.78 is 10.1. The van der Waals surface area contributed by atoms with Gasteiger partial charge in [0.25, 0.3) is 0 Å². The minimum Gasteiger partial charge on any atom is -0.258 e. The minimum atomic E-state index is -0.915. The van der Waals surface area contributed by atoms with Crippen molar-refractivity contribution in [1.29, 1.82) is 5.41 Å². The van der Waals surface area contributed by atoms with E-state index in [0.717, 1.165) is 0 Å². The average molecular weight is 118 g/mol. The molecule has 0 rings (SSSR count). The predicted octanol–water partition coefficient (Wildman–Crippen LogP) is 0.0751. The Labute approximate surface area is 44.4 Å². The van der Waals surface area contributed by atoms with Crippen LogP contribution in [0.1, 0.15) is 0 Å². The van der Waals surface area contributed by atoms with Crippen LogP contribution in [0.25, 0.3) is 0 Å². The number of nitrogens with zero attached hydrogens (tertiary/aromatic N) is 1. The van der Waals surface area contributed by atoms with Gasteiger partial charge in [0.1, 0.15) is 5.88 Å². The lowest BCUT2D eigenvalue weighted by Crippen LogP contribution is -1.87. The molecule has 3 nitrogen and oxygen atoms in total. The van der Waals surface area contributed by atoms with E-state index in [1.807, 2.05) is 0 Å². The zero-order valence-corrected chi connectivity index (χ0v) is 4.79. The van der Waals surface area contributed by atoms with Gasteiger partial charge in [0.2, 0.25) is 0 Å². The summed E-state index contributed by atoms with van der Waals surface area (Å²) in [6.45, 7) is 0. The Morgan fingerprint density at radius 3 is 2.71 bits per heavy atom. The minimum absolute atomic E-state index is 0.198. The lowest BCUT2D eigenvalue weighted by molar-refractivity contribution is 0.687. The van der Waals surface area contributed by atoms with Gasteiger partial charge in [-0.25, -0.2) is 10.4 Å². The van der Waals surface area contributed by atoms with Crippen LogP contribution in [0.5, 0.6) is 0 Å². The van der Waals surface area contributed by atoms with Crippen LogP contribution < -0.4 is 0 Å². The summed E-state index contributed by atoms with van der Waals surface area (Å²) in [7, 11) is -0.915. The summed E-state index contributed by atoms with van der Waals surface area (Å²) in [4.78, 5) is 3.29. The van der Waals surface area contributed by atoms with Gasteiger partial charge in [-0.2, -0.15) is 0 Å². The Bertz CT molecular complexity index is 116. The van der Waals surface area contributed by atoms with Crippen molar-refractivity contribution in [2.24, 2.45) is 4.99 Å². The van der Waals surface area contributed by atoms with Crippen molar-refractivity contribution in [3.05, 3.63) is 0 Å². The summed E-state index contributed by atoms with van der Waals surface area (Å²) >= 11 is 0. The van der Waals surface area contributed by atoms with Gasteiger partial charge in [0.15, 0.2) is 0 Å². The number of aliphatic imine (C=N–C) groups is 1. The summed E-state index contributed by atoms with van der Waals surface area (Å²) in [5, 5.41) is 6.24. The summed E-state index contributed by atoms with van der Waals surface area (Å²) in [6, 6.07) is 1.78. The number of nitrogens with one attached hydrogen (secondary N) is 1. The van der Waals surface area contributed by atoms with Crippen molar-refractivity contribution in [1.82, 2.24) is 0 Å². The second-order valence-corrected chi connectivity index (χ2v) is 2.38. The highest BCUT2D eigenvalue weighted by atomic mass is 32.2. The van der Waals surface area contributed by atoms with Crippen LogP contribution in [-0.2, 0) is 10.8 Å². The van der Waals surface area contributed by atoms with Gasteiger partial charge < -0.3 is 0 Å². The van der Waals surface area contributed by atoms with E-state index in [1.165, 1.54) is 6.26 Å². The molecular weight excluding hydrogens is 112 g/mol. The monoisotopic (exact) mass is 118 g/mol. The normalized spacial score (nSPS) is 12.1. The Kier molecular flexibility index (Phi) is 3.46. The van der Waals surface area contributed by atoms with Gasteiger partial charge in [-0.15, -0.1) is 0 Å². The third-order valence-electron chi connectivity index (χ3n) is 0.325. The Morgan fingerprint density at radius 1 is 2.00 bits per heavy atom. The van der Waals surface area contributed by atoms with Crippen molar-refractivity contribution in [3.8, 4) is 0 Å². The number of hydrogen-bond donors (Lipinski definition) is 1. The fraction of sp³-hybridized carbons (Fsp3) is 0.667. The van der Waals surface area contributed by atoms with Crippen LogP contribution in [0, 0.1) is 5.41 Å². The smallest absolute Gasteiger partial charge is 0.125 e. The second-order valence-electron chi connectivity index (χ2n) is 0.972. The Balaban J connectivity index is 3.32. The zero-order chi connectivity index (χ0) is 5.70. The number of hydrogen-bond acceptors (Lipinski definition) is 3. The second kappa shape index (κ2) is 3.71. The average Bonchev–Trinajstić information content (AvgIpc) is 1.61. The Hall–Kier alpha value is -0.470. The van der Waals surface area contributed by atoms with E-state index in [1.54, 1.807) is 6.01 Å². The lowest BCUT2D eigenvalue weighted by Gasteiger charge is -1.77. The van der Waals surface area contributed by atoms with E-state index in [-0.39, 0.29) is 5.88 Å². The molecule has 0 bridgehead atoms. The van der Waals surface area contributed by atoms with E-state index >= 15 is 0 Å². The van der Waals surface area contributed by atoms with Crippen molar-refractivity contribution in [2.45, 2.75) is 0 Å². The van der Waals surface area contributed by atoms with Gasteiger partial charge in [-0.1, -0.05) is 0 Å². The lowest BCUT2D eigenvalue weighted by atomic mass is 11.3. The van der Waals surface area contributed by atoms with E-state index in [2.05, 4.69) is 4.99 Å². The van der Waals surface area contributed by atoms with Crippen LogP contribution in [-0.4, -0.2) is 22.3 Å². The molecule has 0 amide bonds. The molecule has 0 aromatic rings. The van der Waals surface area contributed by atoms with E-state index in [4.69, 9.17) is 5.41 Å². The van der Waals surface area contributed by atoms with Gasteiger partial charge >= 0.3 is 0 Å². The largest absolute Gasteiger partial charge is 0.258 e. The van der Waals surface area contributed by atoms with Crippen LogP contribution in [0.3, 0.4) is 0 Å². The highest BCUT2D eigenvalue weighted by Gasteiger charge is 1.79. The molecule has 0 aliphatic heterocycles. The molecule has 0 aliphatic carbocycles. The van der Waals surface area contributed by atoms with Crippen LogP contribution in [0.15, 0.2) is 4.99 Å². The molecule has 0 aromatic heterocycles. The molecule has 0 radical (unpaired) electrons. The molecule has 1 N–H and O–H groups in total. The standard InChI is InChI=1S/C3H6N2OS/c1-7(6)3-5-2-4/h4H,3H2,1H3. The quantitative estimate of drug-likeness (QED) is 0.513. The predicted molar refractivity (Wildman–Crippen MR) is 29.1 cm³/mol. The highest BCUT2D eigenvalue weighted by Crippen LogP contribution is 1.70. The fourth-order valence-electron chi connectivity index (χ4n) is 0.123. The van der Waals surface area contributed by atoms with E-state index in [9.17, 15) is 4.21 Å². The molecule has 0 spiro atoms.